The molecule has 0 spiro atoms. The second-order valence-corrected chi connectivity index (χ2v) is 11.5. The molecule has 2 aromatic rings. The van der Waals surface area contributed by atoms with Crippen LogP contribution in [0.25, 0.3) is 0 Å². The van der Waals surface area contributed by atoms with E-state index in [-0.39, 0.29) is 23.4 Å². The van der Waals surface area contributed by atoms with E-state index in [2.05, 4.69) is 54.9 Å². The summed E-state index contributed by atoms with van der Waals surface area (Å²) >= 11 is 0. The Labute approximate surface area is 228 Å². The number of nitriles is 1. The molecule has 2 heterocycles. The van der Waals surface area contributed by atoms with Gasteiger partial charge in [-0.3, -0.25) is 9.78 Å². The third-order valence-electron chi connectivity index (χ3n) is 7.82. The molecule has 1 amide bonds. The number of rotatable bonds is 6. The van der Waals surface area contributed by atoms with Gasteiger partial charge in [0.1, 0.15) is 12.3 Å². The molecule has 7 nitrogen and oxygen atoms in total. The minimum absolute atomic E-state index is 0.108. The molecule has 0 radical (unpaired) electrons. The van der Waals surface area contributed by atoms with Crippen molar-refractivity contribution in [3.05, 3.63) is 59.9 Å². The van der Waals surface area contributed by atoms with Crippen LogP contribution < -0.4 is 4.90 Å². The zero-order valence-electron chi connectivity index (χ0n) is 23.6. The first-order chi connectivity index (χ1) is 18.2. The van der Waals surface area contributed by atoms with Gasteiger partial charge in [0.2, 0.25) is 5.91 Å². The summed E-state index contributed by atoms with van der Waals surface area (Å²) in [6, 6.07) is 12.3. The summed E-state index contributed by atoms with van der Waals surface area (Å²) in [4.78, 5) is 33.7. The van der Waals surface area contributed by atoms with Gasteiger partial charge in [-0.25, -0.2) is 0 Å². The lowest BCUT2D eigenvalue weighted by molar-refractivity contribution is -0.134. The molecule has 1 aromatic heterocycles. The number of likely N-dealkylation sites (tertiary alicyclic amines) is 1. The zero-order valence-corrected chi connectivity index (χ0v) is 23.6. The number of amides is 1. The van der Waals surface area contributed by atoms with E-state index in [1.54, 1.807) is 6.20 Å². The van der Waals surface area contributed by atoms with Crippen molar-refractivity contribution < 1.29 is 9.59 Å². The van der Waals surface area contributed by atoms with Gasteiger partial charge in [-0.15, -0.1) is 0 Å². The van der Waals surface area contributed by atoms with Gasteiger partial charge < -0.3 is 19.5 Å². The summed E-state index contributed by atoms with van der Waals surface area (Å²) in [7, 11) is 3.98. The Morgan fingerprint density at radius 3 is 2.29 bits per heavy atom. The highest BCUT2D eigenvalue weighted by atomic mass is 16.2. The number of likely N-dealkylation sites (N-methyl/N-ethyl adjacent to an activating group) is 2. The standard InChI is InChI=1S/C25H35N3O.C6H8N2O/c1-25(2,3)20-13-15-22(16-14-20)27(4)23(19-10-9-17-26-18-19)24(29)28(5)21-11-7-6-8-12-21;7-5-8-3-1-2-6(8)4-9/h9-10,13-18,21,23H,6-8,11-12H2,1-5H3;4,6H,1-3H2. The topological polar surface area (TPSA) is 80.5 Å². The van der Waals surface area contributed by atoms with Crippen LogP contribution in [-0.4, -0.2) is 59.7 Å². The van der Waals surface area contributed by atoms with E-state index in [4.69, 9.17) is 5.26 Å². The number of carbonyl (C=O) groups excluding carboxylic acids is 2. The molecule has 2 unspecified atom stereocenters. The summed E-state index contributed by atoms with van der Waals surface area (Å²) in [5, 5.41) is 8.38. The smallest absolute Gasteiger partial charge is 0.249 e. The molecular weight excluding hydrogens is 474 g/mol. The van der Waals surface area contributed by atoms with Crippen molar-refractivity contribution in [2.45, 2.75) is 89.3 Å². The van der Waals surface area contributed by atoms with Gasteiger partial charge in [0.25, 0.3) is 0 Å². The van der Waals surface area contributed by atoms with Crippen LogP contribution >= 0.6 is 0 Å². The van der Waals surface area contributed by atoms with Gasteiger partial charge in [-0.2, -0.15) is 5.26 Å². The first-order valence-electron chi connectivity index (χ1n) is 13.8. The summed E-state index contributed by atoms with van der Waals surface area (Å²) in [6.07, 6.45) is 14.1. The maximum absolute atomic E-state index is 13.6. The van der Waals surface area contributed by atoms with Crippen molar-refractivity contribution in [2.75, 3.05) is 25.5 Å². The highest BCUT2D eigenvalue weighted by molar-refractivity contribution is 5.86. The molecule has 38 heavy (non-hydrogen) atoms. The van der Waals surface area contributed by atoms with Crippen molar-refractivity contribution in [1.29, 1.82) is 5.26 Å². The molecule has 2 aliphatic rings. The summed E-state index contributed by atoms with van der Waals surface area (Å²) in [6.45, 7) is 7.40. The van der Waals surface area contributed by atoms with Crippen molar-refractivity contribution in [3.8, 4) is 6.19 Å². The van der Waals surface area contributed by atoms with Gasteiger partial charge in [-0.1, -0.05) is 58.2 Å². The number of aromatic nitrogens is 1. The first-order valence-corrected chi connectivity index (χ1v) is 13.8. The minimum atomic E-state index is -0.379. The highest BCUT2D eigenvalue weighted by Crippen LogP contribution is 2.31. The number of anilines is 1. The van der Waals surface area contributed by atoms with Crippen LogP contribution in [0.1, 0.15) is 82.9 Å². The first kappa shape index (κ1) is 29.2. The number of nitrogens with zero attached hydrogens (tertiary/aromatic N) is 5. The molecule has 0 bridgehead atoms. The molecule has 204 valence electrons. The van der Waals surface area contributed by atoms with Crippen molar-refractivity contribution >= 4 is 17.9 Å². The van der Waals surface area contributed by atoms with Crippen LogP contribution in [-0.2, 0) is 15.0 Å². The quantitative estimate of drug-likeness (QED) is 0.373. The molecule has 2 fully saturated rings. The predicted octanol–water partition coefficient (Wildman–Crippen LogP) is 5.48. The molecule has 4 rings (SSSR count). The lowest BCUT2D eigenvalue weighted by atomic mass is 9.87. The van der Waals surface area contributed by atoms with Gasteiger partial charge in [0.05, 0.1) is 6.04 Å². The fourth-order valence-electron chi connectivity index (χ4n) is 5.31. The minimum Gasteiger partial charge on any atom is -0.359 e. The zero-order chi connectivity index (χ0) is 27.7. The monoisotopic (exact) mass is 517 g/mol. The van der Waals surface area contributed by atoms with Crippen LogP contribution in [0.15, 0.2) is 48.8 Å². The number of hydrogen-bond acceptors (Lipinski definition) is 6. The molecule has 1 saturated carbocycles. The van der Waals surface area contributed by atoms with Crippen LogP contribution in [0.5, 0.6) is 0 Å². The van der Waals surface area contributed by atoms with Crippen molar-refractivity contribution in [1.82, 2.24) is 14.8 Å². The number of pyridine rings is 1. The lowest BCUT2D eigenvalue weighted by Gasteiger charge is -2.37. The van der Waals surface area contributed by atoms with Crippen LogP contribution in [0, 0.1) is 11.5 Å². The van der Waals surface area contributed by atoms with Gasteiger partial charge >= 0.3 is 0 Å². The molecule has 1 aliphatic heterocycles. The molecule has 1 saturated heterocycles. The van der Waals surface area contributed by atoms with E-state index in [9.17, 15) is 9.59 Å². The highest BCUT2D eigenvalue weighted by Gasteiger charge is 2.32. The molecular formula is C31H43N5O2. The second-order valence-electron chi connectivity index (χ2n) is 11.5. The van der Waals surface area contributed by atoms with Crippen molar-refractivity contribution in [2.24, 2.45) is 0 Å². The van der Waals surface area contributed by atoms with Gasteiger partial charge in [-0.05, 0) is 54.9 Å². The lowest BCUT2D eigenvalue weighted by Crippen LogP contribution is -2.45. The number of benzene rings is 1. The number of aldehydes is 1. The van der Waals surface area contributed by atoms with Crippen LogP contribution in [0.2, 0.25) is 0 Å². The van der Waals surface area contributed by atoms with Gasteiger partial charge in [0, 0.05) is 50.3 Å². The Hall–Kier alpha value is -3.40. The fraction of sp³-hybridized carbons (Fsp3) is 0.548. The Morgan fingerprint density at radius 1 is 1.08 bits per heavy atom. The maximum Gasteiger partial charge on any atom is 0.249 e. The largest absolute Gasteiger partial charge is 0.359 e. The normalized spacial score (nSPS) is 18.5. The molecule has 7 heteroatoms. The maximum atomic E-state index is 13.6. The van der Waals surface area contributed by atoms with Crippen LogP contribution in [0.4, 0.5) is 5.69 Å². The summed E-state index contributed by atoms with van der Waals surface area (Å²) in [5.74, 6) is 0.146. The van der Waals surface area contributed by atoms with Gasteiger partial charge in [0.15, 0.2) is 6.19 Å². The Kier molecular flexibility index (Phi) is 10.3. The molecule has 2 atom stereocenters. The van der Waals surface area contributed by atoms with E-state index >= 15 is 0 Å². The SMILES string of the molecule is CN(C(=O)C(c1cccnc1)N(C)c1ccc(C(C)(C)C)cc1)C1CCCCC1.N#CN1CCCC1C=O. The van der Waals surface area contributed by atoms with E-state index in [1.807, 2.05) is 43.5 Å². The summed E-state index contributed by atoms with van der Waals surface area (Å²) in [5.41, 5.74) is 3.37. The number of hydrogen-bond donors (Lipinski definition) is 0. The average Bonchev–Trinajstić information content (AvgIpc) is 3.42. The average molecular weight is 518 g/mol. The van der Waals surface area contributed by atoms with Crippen molar-refractivity contribution in [3.63, 3.8) is 0 Å². The Bertz CT molecular complexity index is 1070. The Morgan fingerprint density at radius 2 is 1.76 bits per heavy atom. The predicted molar refractivity (Wildman–Crippen MR) is 152 cm³/mol. The molecule has 1 aromatic carbocycles. The van der Waals surface area contributed by atoms with E-state index in [1.165, 1.54) is 29.7 Å². The third-order valence-corrected chi connectivity index (χ3v) is 7.82. The van der Waals surface area contributed by atoms with Crippen LogP contribution in [0.3, 0.4) is 0 Å². The molecule has 1 aliphatic carbocycles. The van der Waals surface area contributed by atoms with E-state index in [0.717, 1.165) is 49.8 Å². The second kappa shape index (κ2) is 13.4. The molecule has 0 N–H and O–H groups in total. The van der Waals surface area contributed by atoms with E-state index in [0.29, 0.717) is 6.04 Å². The Balaban J connectivity index is 0.000000375. The third kappa shape index (κ3) is 7.34. The van der Waals surface area contributed by atoms with E-state index < -0.39 is 0 Å². The summed E-state index contributed by atoms with van der Waals surface area (Å²) < 4.78 is 0. The fourth-order valence-corrected chi connectivity index (χ4v) is 5.31. The number of carbonyl (C=O) groups is 2.